The molecule has 6 nitrogen and oxygen atoms in total. The molecule has 0 spiro atoms. The molecule has 7 heteroatoms. The first-order valence-corrected chi connectivity index (χ1v) is 8.55. The van der Waals surface area contributed by atoms with Gasteiger partial charge in [-0.2, -0.15) is 10.2 Å². The summed E-state index contributed by atoms with van der Waals surface area (Å²) in [4.78, 5) is 12.5. The van der Waals surface area contributed by atoms with Gasteiger partial charge in [0.25, 0.3) is 0 Å². The molecule has 27 heavy (non-hydrogen) atoms. The standard InChI is InChI=1S/C20H18FN5O/c1-12-18(13(2)26(25-12)17-6-3-15(21)4-7-17)10-20(27)23-16-5-8-19-14(9-16)11-22-24-19/h3-9,11H,10H2,1-2H3,(H,22,24)(H,23,27). The number of amides is 1. The van der Waals surface area contributed by atoms with Gasteiger partial charge in [0.15, 0.2) is 0 Å². The van der Waals surface area contributed by atoms with Crippen LogP contribution in [0.4, 0.5) is 10.1 Å². The van der Waals surface area contributed by atoms with Crippen LogP contribution in [0.1, 0.15) is 17.0 Å². The first-order valence-electron chi connectivity index (χ1n) is 8.55. The van der Waals surface area contributed by atoms with E-state index in [2.05, 4.69) is 20.6 Å². The fourth-order valence-electron chi connectivity index (χ4n) is 3.15. The van der Waals surface area contributed by atoms with Gasteiger partial charge in [-0.3, -0.25) is 9.89 Å². The van der Waals surface area contributed by atoms with Gasteiger partial charge in [0.2, 0.25) is 5.91 Å². The Labute approximate surface area is 155 Å². The van der Waals surface area contributed by atoms with Crippen LogP contribution in [0.15, 0.2) is 48.7 Å². The lowest BCUT2D eigenvalue weighted by Crippen LogP contribution is -2.15. The van der Waals surface area contributed by atoms with Crippen molar-refractivity contribution in [3.8, 4) is 5.69 Å². The van der Waals surface area contributed by atoms with Crippen molar-refractivity contribution in [1.82, 2.24) is 20.0 Å². The predicted molar refractivity (Wildman–Crippen MR) is 101 cm³/mol. The summed E-state index contributed by atoms with van der Waals surface area (Å²) in [5, 5.41) is 15.2. The van der Waals surface area contributed by atoms with E-state index in [9.17, 15) is 9.18 Å². The van der Waals surface area contributed by atoms with Crippen molar-refractivity contribution in [2.24, 2.45) is 0 Å². The maximum Gasteiger partial charge on any atom is 0.228 e. The van der Waals surface area contributed by atoms with Crippen LogP contribution in [0.5, 0.6) is 0 Å². The summed E-state index contributed by atoms with van der Waals surface area (Å²) < 4.78 is 14.9. The molecule has 0 aliphatic rings. The van der Waals surface area contributed by atoms with Crippen molar-refractivity contribution in [1.29, 1.82) is 0 Å². The molecular formula is C20H18FN5O. The summed E-state index contributed by atoms with van der Waals surface area (Å²) in [7, 11) is 0. The molecule has 2 N–H and O–H groups in total. The summed E-state index contributed by atoms with van der Waals surface area (Å²) in [6.07, 6.45) is 1.92. The first-order chi connectivity index (χ1) is 13.0. The number of benzene rings is 2. The lowest BCUT2D eigenvalue weighted by molar-refractivity contribution is -0.115. The van der Waals surface area contributed by atoms with Gasteiger partial charge in [0.1, 0.15) is 5.82 Å². The van der Waals surface area contributed by atoms with Gasteiger partial charge < -0.3 is 5.32 Å². The largest absolute Gasteiger partial charge is 0.326 e. The van der Waals surface area contributed by atoms with Crippen molar-refractivity contribution in [3.05, 3.63) is 71.4 Å². The average Bonchev–Trinajstić information content (AvgIpc) is 3.22. The zero-order chi connectivity index (χ0) is 19.0. The van der Waals surface area contributed by atoms with Crippen LogP contribution in [-0.2, 0) is 11.2 Å². The smallest absolute Gasteiger partial charge is 0.228 e. The van der Waals surface area contributed by atoms with E-state index < -0.39 is 0 Å². The second kappa shape index (κ2) is 6.68. The number of anilines is 1. The Morgan fingerprint density at radius 2 is 1.96 bits per heavy atom. The van der Waals surface area contributed by atoms with Crippen LogP contribution in [0.3, 0.4) is 0 Å². The highest BCUT2D eigenvalue weighted by atomic mass is 19.1. The van der Waals surface area contributed by atoms with E-state index in [1.165, 1.54) is 12.1 Å². The number of hydrogen-bond acceptors (Lipinski definition) is 3. The first kappa shape index (κ1) is 17.0. The number of nitrogens with zero attached hydrogens (tertiary/aromatic N) is 3. The van der Waals surface area contributed by atoms with Crippen LogP contribution >= 0.6 is 0 Å². The molecule has 0 bridgehead atoms. The minimum absolute atomic E-state index is 0.122. The van der Waals surface area contributed by atoms with E-state index in [1.54, 1.807) is 23.0 Å². The summed E-state index contributed by atoms with van der Waals surface area (Å²) in [5.74, 6) is -0.419. The van der Waals surface area contributed by atoms with Crippen molar-refractivity contribution < 1.29 is 9.18 Å². The molecule has 0 saturated carbocycles. The molecule has 0 unspecified atom stereocenters. The van der Waals surface area contributed by atoms with Gasteiger partial charge in [-0.15, -0.1) is 0 Å². The number of fused-ring (bicyclic) bond motifs is 1. The molecule has 2 aromatic carbocycles. The topological polar surface area (TPSA) is 75.6 Å². The third-order valence-electron chi connectivity index (χ3n) is 4.57. The summed E-state index contributed by atoms with van der Waals surface area (Å²) in [5.41, 5.74) is 4.89. The normalized spacial score (nSPS) is 11.1. The third-order valence-corrected chi connectivity index (χ3v) is 4.57. The summed E-state index contributed by atoms with van der Waals surface area (Å²) in [6.45, 7) is 3.77. The SMILES string of the molecule is Cc1nn(-c2ccc(F)cc2)c(C)c1CC(=O)Nc1ccc2[nH]ncc2c1. The van der Waals surface area contributed by atoms with Gasteiger partial charge in [0.05, 0.1) is 29.5 Å². The van der Waals surface area contributed by atoms with E-state index in [0.717, 1.165) is 39.2 Å². The molecular weight excluding hydrogens is 345 g/mol. The maximum absolute atomic E-state index is 13.2. The molecule has 0 fully saturated rings. The lowest BCUT2D eigenvalue weighted by atomic mass is 10.1. The molecule has 4 aromatic rings. The van der Waals surface area contributed by atoms with Crippen molar-refractivity contribution in [3.63, 3.8) is 0 Å². The maximum atomic E-state index is 13.2. The Bertz CT molecular complexity index is 1130. The molecule has 2 aromatic heterocycles. The number of halogens is 1. The summed E-state index contributed by atoms with van der Waals surface area (Å²) in [6, 6.07) is 11.7. The van der Waals surface area contributed by atoms with Gasteiger partial charge in [-0.25, -0.2) is 9.07 Å². The van der Waals surface area contributed by atoms with Crippen LogP contribution in [0.25, 0.3) is 16.6 Å². The molecule has 1 amide bonds. The minimum Gasteiger partial charge on any atom is -0.326 e. The second-order valence-corrected chi connectivity index (χ2v) is 6.43. The van der Waals surface area contributed by atoms with Gasteiger partial charge >= 0.3 is 0 Å². The molecule has 0 aliphatic carbocycles. The number of aromatic amines is 1. The van der Waals surface area contributed by atoms with E-state index in [4.69, 9.17) is 0 Å². The quantitative estimate of drug-likeness (QED) is 0.581. The molecule has 4 rings (SSSR count). The zero-order valence-corrected chi connectivity index (χ0v) is 15.0. The van der Waals surface area contributed by atoms with Crippen LogP contribution < -0.4 is 5.32 Å². The Balaban J connectivity index is 1.54. The molecule has 0 aliphatic heterocycles. The molecule has 0 atom stereocenters. The van der Waals surface area contributed by atoms with Crippen LogP contribution in [-0.4, -0.2) is 25.9 Å². The number of hydrogen-bond donors (Lipinski definition) is 2. The highest BCUT2D eigenvalue weighted by Gasteiger charge is 2.16. The number of carbonyl (C=O) groups excluding carboxylic acids is 1. The molecule has 136 valence electrons. The Morgan fingerprint density at radius 1 is 1.19 bits per heavy atom. The molecule has 2 heterocycles. The Hall–Kier alpha value is -3.48. The minimum atomic E-state index is -0.297. The number of aryl methyl sites for hydroxylation is 1. The number of carbonyl (C=O) groups is 1. The Morgan fingerprint density at radius 3 is 2.74 bits per heavy atom. The fourth-order valence-corrected chi connectivity index (χ4v) is 3.15. The number of nitrogens with one attached hydrogen (secondary N) is 2. The van der Waals surface area contributed by atoms with Crippen LogP contribution in [0.2, 0.25) is 0 Å². The highest BCUT2D eigenvalue weighted by molar-refractivity contribution is 5.94. The monoisotopic (exact) mass is 363 g/mol. The molecule has 0 radical (unpaired) electrons. The summed E-state index contributed by atoms with van der Waals surface area (Å²) >= 11 is 0. The van der Waals surface area contributed by atoms with E-state index in [-0.39, 0.29) is 18.1 Å². The number of H-pyrrole nitrogens is 1. The average molecular weight is 363 g/mol. The van der Waals surface area contributed by atoms with Crippen molar-refractivity contribution in [2.75, 3.05) is 5.32 Å². The van der Waals surface area contributed by atoms with Crippen molar-refractivity contribution in [2.45, 2.75) is 20.3 Å². The zero-order valence-electron chi connectivity index (χ0n) is 15.0. The number of aromatic nitrogens is 4. The number of rotatable bonds is 4. The van der Waals surface area contributed by atoms with Crippen molar-refractivity contribution >= 4 is 22.5 Å². The van der Waals surface area contributed by atoms with Gasteiger partial charge in [-0.1, -0.05) is 0 Å². The highest BCUT2D eigenvalue weighted by Crippen LogP contribution is 2.20. The third kappa shape index (κ3) is 3.31. The lowest BCUT2D eigenvalue weighted by Gasteiger charge is -2.07. The van der Waals surface area contributed by atoms with Gasteiger partial charge in [0, 0.05) is 22.3 Å². The molecule has 0 saturated heterocycles. The second-order valence-electron chi connectivity index (χ2n) is 6.43. The van der Waals surface area contributed by atoms with Crippen LogP contribution in [0, 0.1) is 19.7 Å². The predicted octanol–water partition coefficient (Wildman–Crippen LogP) is 3.69. The fraction of sp³-hybridized carbons (Fsp3) is 0.150. The van der Waals surface area contributed by atoms with E-state index in [1.807, 2.05) is 32.0 Å². The van der Waals surface area contributed by atoms with Gasteiger partial charge in [-0.05, 0) is 56.3 Å². The Kier molecular flexibility index (Phi) is 4.19. The van der Waals surface area contributed by atoms with E-state index in [0.29, 0.717) is 0 Å². The van der Waals surface area contributed by atoms with E-state index >= 15 is 0 Å².